The summed E-state index contributed by atoms with van der Waals surface area (Å²) >= 11 is 1.50. The van der Waals surface area contributed by atoms with Crippen LogP contribution in [0.2, 0.25) is 0 Å². The summed E-state index contributed by atoms with van der Waals surface area (Å²) in [5.74, 6) is -0.107. The third-order valence-corrected chi connectivity index (χ3v) is 5.26. The molecule has 27 heavy (non-hydrogen) atoms. The SMILES string of the molecule is CN(C)[C@H](CNC(=O)c1cccnc1Sc1ccccc1)c1ccccc1. The Morgan fingerprint density at radius 1 is 1.00 bits per heavy atom. The Balaban J connectivity index is 1.72. The van der Waals surface area contributed by atoms with Crippen molar-refractivity contribution in [1.29, 1.82) is 0 Å². The lowest BCUT2D eigenvalue weighted by Gasteiger charge is -2.25. The van der Waals surface area contributed by atoms with E-state index in [0.29, 0.717) is 17.1 Å². The van der Waals surface area contributed by atoms with Gasteiger partial charge in [0.05, 0.1) is 11.6 Å². The van der Waals surface area contributed by atoms with Crippen LogP contribution < -0.4 is 5.32 Å². The van der Waals surface area contributed by atoms with Gasteiger partial charge in [-0.2, -0.15) is 0 Å². The van der Waals surface area contributed by atoms with Gasteiger partial charge in [0.25, 0.3) is 5.91 Å². The van der Waals surface area contributed by atoms with Crippen LogP contribution in [-0.4, -0.2) is 36.4 Å². The Bertz CT molecular complexity index is 869. The average Bonchev–Trinajstić information content (AvgIpc) is 2.70. The first kappa shape index (κ1) is 19.1. The van der Waals surface area contributed by atoms with Gasteiger partial charge in [-0.15, -0.1) is 0 Å². The summed E-state index contributed by atoms with van der Waals surface area (Å²) in [4.78, 5) is 20.4. The molecule has 0 aliphatic heterocycles. The van der Waals surface area contributed by atoms with E-state index in [1.54, 1.807) is 12.3 Å². The first-order chi connectivity index (χ1) is 13.1. The minimum absolute atomic E-state index is 0.107. The highest BCUT2D eigenvalue weighted by Gasteiger charge is 2.18. The van der Waals surface area contributed by atoms with Crippen molar-refractivity contribution >= 4 is 17.7 Å². The summed E-state index contributed by atoms with van der Waals surface area (Å²) in [6.07, 6.45) is 1.72. The summed E-state index contributed by atoms with van der Waals surface area (Å²) in [5, 5.41) is 3.78. The molecule has 1 heterocycles. The van der Waals surface area contributed by atoms with E-state index in [-0.39, 0.29) is 11.9 Å². The highest BCUT2D eigenvalue weighted by molar-refractivity contribution is 7.99. The van der Waals surface area contributed by atoms with Crippen molar-refractivity contribution in [3.05, 3.63) is 90.1 Å². The highest BCUT2D eigenvalue weighted by atomic mass is 32.2. The third-order valence-electron chi connectivity index (χ3n) is 4.24. The van der Waals surface area contributed by atoms with Crippen molar-refractivity contribution < 1.29 is 4.79 Å². The summed E-state index contributed by atoms with van der Waals surface area (Å²) in [7, 11) is 4.04. The zero-order valence-corrected chi connectivity index (χ0v) is 16.3. The van der Waals surface area contributed by atoms with E-state index in [1.807, 2.05) is 68.7 Å². The minimum atomic E-state index is -0.107. The lowest BCUT2D eigenvalue weighted by Crippen LogP contribution is -2.34. The predicted molar refractivity (Wildman–Crippen MR) is 110 cm³/mol. The average molecular weight is 378 g/mol. The van der Waals surface area contributed by atoms with Crippen LogP contribution in [0.3, 0.4) is 0 Å². The molecule has 0 bridgehead atoms. The molecule has 3 rings (SSSR count). The maximum atomic E-state index is 12.8. The van der Waals surface area contributed by atoms with Crippen molar-refractivity contribution in [3.8, 4) is 0 Å². The standard InChI is InChI=1S/C22H23N3OS/c1-25(2)20(17-10-5-3-6-11-17)16-24-21(26)19-14-9-15-23-22(19)27-18-12-7-4-8-13-18/h3-15,20H,16H2,1-2H3,(H,24,26)/t20-/m1/s1. The number of likely N-dealkylation sites (N-methyl/N-ethyl adjacent to an activating group) is 1. The molecular formula is C22H23N3OS. The zero-order valence-electron chi connectivity index (χ0n) is 15.5. The molecule has 1 atom stereocenters. The van der Waals surface area contributed by atoms with E-state index < -0.39 is 0 Å². The molecular weight excluding hydrogens is 354 g/mol. The molecule has 3 aromatic rings. The van der Waals surface area contributed by atoms with Crippen LogP contribution in [0.4, 0.5) is 0 Å². The molecule has 0 aliphatic rings. The number of benzene rings is 2. The Kier molecular flexibility index (Phi) is 6.63. The number of nitrogens with zero attached hydrogens (tertiary/aromatic N) is 2. The Morgan fingerprint density at radius 2 is 1.67 bits per heavy atom. The van der Waals surface area contributed by atoms with E-state index in [1.165, 1.54) is 17.3 Å². The number of nitrogens with one attached hydrogen (secondary N) is 1. The van der Waals surface area contributed by atoms with Crippen molar-refractivity contribution in [2.75, 3.05) is 20.6 Å². The fourth-order valence-corrected chi connectivity index (χ4v) is 3.70. The zero-order chi connectivity index (χ0) is 19.1. The number of pyridine rings is 1. The predicted octanol–water partition coefficient (Wildman–Crippen LogP) is 4.27. The molecule has 1 aromatic heterocycles. The molecule has 5 heteroatoms. The van der Waals surface area contributed by atoms with Crippen molar-refractivity contribution in [3.63, 3.8) is 0 Å². The Labute approximate surface area is 164 Å². The van der Waals surface area contributed by atoms with Gasteiger partial charge in [0.15, 0.2) is 0 Å². The van der Waals surface area contributed by atoms with Crippen molar-refractivity contribution in [2.45, 2.75) is 16.0 Å². The molecule has 0 saturated heterocycles. The lowest BCUT2D eigenvalue weighted by atomic mass is 10.1. The summed E-state index contributed by atoms with van der Waals surface area (Å²) < 4.78 is 0. The van der Waals surface area contributed by atoms with Gasteiger partial charge >= 0.3 is 0 Å². The second-order valence-electron chi connectivity index (χ2n) is 6.37. The molecule has 0 spiro atoms. The summed E-state index contributed by atoms with van der Waals surface area (Å²) in [6, 6.07) is 23.9. The lowest BCUT2D eigenvalue weighted by molar-refractivity contribution is 0.0938. The molecule has 0 unspecified atom stereocenters. The van der Waals surface area contributed by atoms with Crippen LogP contribution in [0.15, 0.2) is 88.9 Å². The maximum absolute atomic E-state index is 12.8. The Hall–Kier alpha value is -2.63. The van der Waals surface area contributed by atoms with Crippen molar-refractivity contribution in [1.82, 2.24) is 15.2 Å². The smallest absolute Gasteiger partial charge is 0.254 e. The molecule has 1 amide bonds. The van der Waals surface area contributed by atoms with E-state index in [0.717, 1.165) is 4.90 Å². The van der Waals surface area contributed by atoms with Gasteiger partial charge in [0.2, 0.25) is 0 Å². The van der Waals surface area contributed by atoms with E-state index in [2.05, 4.69) is 27.3 Å². The molecule has 138 valence electrons. The van der Waals surface area contributed by atoms with Gasteiger partial charge in [0, 0.05) is 17.6 Å². The number of carbonyl (C=O) groups is 1. The second-order valence-corrected chi connectivity index (χ2v) is 7.43. The minimum Gasteiger partial charge on any atom is -0.350 e. The molecule has 4 nitrogen and oxygen atoms in total. The van der Waals surface area contributed by atoms with Gasteiger partial charge < -0.3 is 10.2 Å². The third kappa shape index (κ3) is 5.18. The summed E-state index contributed by atoms with van der Waals surface area (Å²) in [5.41, 5.74) is 1.77. The van der Waals surface area contributed by atoms with E-state index in [4.69, 9.17) is 0 Å². The van der Waals surface area contributed by atoms with Crippen LogP contribution >= 0.6 is 11.8 Å². The van der Waals surface area contributed by atoms with Crippen LogP contribution in [0, 0.1) is 0 Å². The Morgan fingerprint density at radius 3 is 2.33 bits per heavy atom. The fraction of sp³-hybridized carbons (Fsp3) is 0.182. The van der Waals surface area contributed by atoms with Gasteiger partial charge in [0.1, 0.15) is 5.03 Å². The molecule has 1 N–H and O–H groups in total. The summed E-state index contributed by atoms with van der Waals surface area (Å²) in [6.45, 7) is 0.528. The number of carbonyl (C=O) groups excluding carboxylic acids is 1. The first-order valence-corrected chi connectivity index (χ1v) is 9.64. The quantitative estimate of drug-likeness (QED) is 0.668. The monoisotopic (exact) mass is 377 g/mol. The van der Waals surface area contributed by atoms with Crippen LogP contribution in [0.25, 0.3) is 0 Å². The van der Waals surface area contributed by atoms with Crippen LogP contribution in [0.1, 0.15) is 22.0 Å². The number of aromatic nitrogens is 1. The fourth-order valence-electron chi connectivity index (χ4n) is 2.80. The maximum Gasteiger partial charge on any atom is 0.254 e. The highest BCUT2D eigenvalue weighted by Crippen LogP contribution is 2.28. The van der Waals surface area contributed by atoms with Gasteiger partial charge in [-0.1, -0.05) is 60.3 Å². The normalized spacial score (nSPS) is 12.0. The second kappa shape index (κ2) is 9.35. The van der Waals surface area contributed by atoms with Crippen LogP contribution in [0.5, 0.6) is 0 Å². The number of hydrogen-bond acceptors (Lipinski definition) is 4. The van der Waals surface area contributed by atoms with E-state index >= 15 is 0 Å². The molecule has 0 saturated carbocycles. The molecule has 0 fully saturated rings. The van der Waals surface area contributed by atoms with Crippen LogP contribution in [-0.2, 0) is 0 Å². The molecule has 0 radical (unpaired) electrons. The number of rotatable bonds is 7. The first-order valence-electron chi connectivity index (χ1n) is 8.82. The van der Waals surface area contributed by atoms with Crippen molar-refractivity contribution in [2.24, 2.45) is 0 Å². The topological polar surface area (TPSA) is 45.2 Å². The van der Waals surface area contributed by atoms with Gasteiger partial charge in [-0.25, -0.2) is 4.98 Å². The number of amides is 1. The van der Waals surface area contributed by atoms with Gasteiger partial charge in [-0.05, 0) is 43.9 Å². The molecule has 2 aromatic carbocycles. The van der Waals surface area contributed by atoms with Gasteiger partial charge in [-0.3, -0.25) is 4.79 Å². The molecule has 0 aliphatic carbocycles. The largest absolute Gasteiger partial charge is 0.350 e. The number of hydrogen-bond donors (Lipinski definition) is 1. The van der Waals surface area contributed by atoms with E-state index in [9.17, 15) is 4.79 Å².